The highest BCUT2D eigenvalue weighted by molar-refractivity contribution is 5.29. The second-order valence-corrected chi connectivity index (χ2v) is 5.36. The standard InChI is InChI=1S/C15H21NO/c1-12-4-2-3-5-15(12)13-6-8-16(9-7-13)14-10-17-11-14/h2-5,13-14H,6-11H2,1H3. The Labute approximate surface area is 104 Å². The Morgan fingerprint density at radius 2 is 1.82 bits per heavy atom. The fraction of sp³-hybridized carbons (Fsp3) is 0.600. The summed E-state index contributed by atoms with van der Waals surface area (Å²) in [6.45, 7) is 6.63. The van der Waals surface area contributed by atoms with Crippen LogP contribution in [0.1, 0.15) is 29.9 Å². The van der Waals surface area contributed by atoms with Crippen LogP contribution in [0.15, 0.2) is 24.3 Å². The van der Waals surface area contributed by atoms with Crippen LogP contribution in [0.25, 0.3) is 0 Å². The summed E-state index contributed by atoms with van der Waals surface area (Å²) in [6.07, 6.45) is 2.61. The van der Waals surface area contributed by atoms with Crippen molar-refractivity contribution in [2.75, 3.05) is 26.3 Å². The van der Waals surface area contributed by atoms with E-state index in [0.717, 1.165) is 19.1 Å². The Morgan fingerprint density at radius 3 is 2.41 bits per heavy atom. The van der Waals surface area contributed by atoms with Gasteiger partial charge in [0.1, 0.15) is 0 Å². The summed E-state index contributed by atoms with van der Waals surface area (Å²) in [5, 5.41) is 0. The molecule has 0 saturated carbocycles. The first-order valence-corrected chi connectivity index (χ1v) is 6.72. The summed E-state index contributed by atoms with van der Waals surface area (Å²) >= 11 is 0. The zero-order chi connectivity index (χ0) is 11.7. The molecule has 0 aromatic heterocycles. The molecule has 2 saturated heterocycles. The fourth-order valence-corrected chi connectivity index (χ4v) is 3.05. The van der Waals surface area contributed by atoms with E-state index in [1.807, 2.05) is 0 Å². The molecule has 1 aromatic carbocycles. The van der Waals surface area contributed by atoms with Crippen LogP contribution in [0.2, 0.25) is 0 Å². The monoisotopic (exact) mass is 231 g/mol. The van der Waals surface area contributed by atoms with Gasteiger partial charge in [0.05, 0.1) is 19.3 Å². The number of likely N-dealkylation sites (tertiary alicyclic amines) is 1. The van der Waals surface area contributed by atoms with Crippen LogP contribution in [0, 0.1) is 6.92 Å². The van der Waals surface area contributed by atoms with Crippen LogP contribution in [-0.4, -0.2) is 37.2 Å². The van der Waals surface area contributed by atoms with Gasteiger partial charge in [-0.3, -0.25) is 4.90 Å². The van der Waals surface area contributed by atoms with E-state index in [9.17, 15) is 0 Å². The van der Waals surface area contributed by atoms with Crippen LogP contribution < -0.4 is 0 Å². The Balaban J connectivity index is 1.63. The molecule has 2 aliphatic rings. The van der Waals surface area contributed by atoms with E-state index in [-0.39, 0.29) is 0 Å². The highest BCUT2D eigenvalue weighted by Crippen LogP contribution is 2.31. The SMILES string of the molecule is Cc1ccccc1C1CCN(C2COC2)CC1. The third kappa shape index (κ3) is 2.24. The molecule has 2 aliphatic heterocycles. The summed E-state index contributed by atoms with van der Waals surface area (Å²) in [7, 11) is 0. The minimum atomic E-state index is 0.716. The van der Waals surface area contributed by atoms with E-state index in [0.29, 0.717) is 6.04 Å². The van der Waals surface area contributed by atoms with Crippen LogP contribution in [0.3, 0.4) is 0 Å². The number of hydrogen-bond acceptors (Lipinski definition) is 2. The molecule has 0 amide bonds. The van der Waals surface area contributed by atoms with Crippen LogP contribution in [0.4, 0.5) is 0 Å². The maximum atomic E-state index is 5.28. The molecule has 0 unspecified atom stereocenters. The van der Waals surface area contributed by atoms with Gasteiger partial charge in [-0.15, -0.1) is 0 Å². The lowest BCUT2D eigenvalue weighted by atomic mass is 9.86. The molecule has 2 heterocycles. The predicted octanol–water partition coefficient (Wildman–Crippen LogP) is 2.57. The molecule has 92 valence electrons. The average molecular weight is 231 g/mol. The van der Waals surface area contributed by atoms with Crippen LogP contribution in [-0.2, 0) is 4.74 Å². The number of benzene rings is 1. The molecule has 0 aliphatic carbocycles. The van der Waals surface area contributed by atoms with Gasteiger partial charge in [0.2, 0.25) is 0 Å². The van der Waals surface area contributed by atoms with E-state index in [2.05, 4.69) is 36.1 Å². The van der Waals surface area contributed by atoms with E-state index < -0.39 is 0 Å². The van der Waals surface area contributed by atoms with Crippen molar-refractivity contribution < 1.29 is 4.74 Å². The zero-order valence-electron chi connectivity index (χ0n) is 10.6. The van der Waals surface area contributed by atoms with Crippen molar-refractivity contribution in [2.45, 2.75) is 31.7 Å². The predicted molar refractivity (Wildman–Crippen MR) is 69.3 cm³/mol. The second kappa shape index (κ2) is 4.79. The highest BCUT2D eigenvalue weighted by atomic mass is 16.5. The van der Waals surface area contributed by atoms with Crippen LogP contribution in [0.5, 0.6) is 0 Å². The van der Waals surface area contributed by atoms with Crippen molar-refractivity contribution in [3.63, 3.8) is 0 Å². The summed E-state index contributed by atoms with van der Waals surface area (Å²) in [5.41, 5.74) is 3.02. The van der Waals surface area contributed by atoms with E-state index in [1.165, 1.54) is 31.5 Å². The Kier molecular flexibility index (Phi) is 3.17. The quantitative estimate of drug-likeness (QED) is 0.775. The van der Waals surface area contributed by atoms with E-state index in [1.54, 1.807) is 5.56 Å². The summed E-state index contributed by atoms with van der Waals surface area (Å²) in [5.74, 6) is 0.772. The minimum Gasteiger partial charge on any atom is -0.378 e. The molecule has 0 spiro atoms. The van der Waals surface area contributed by atoms with Gasteiger partial charge in [0.25, 0.3) is 0 Å². The Hall–Kier alpha value is -0.860. The molecule has 2 fully saturated rings. The largest absolute Gasteiger partial charge is 0.378 e. The maximum Gasteiger partial charge on any atom is 0.0645 e. The number of piperidine rings is 1. The molecule has 0 atom stereocenters. The molecule has 0 radical (unpaired) electrons. The fourth-order valence-electron chi connectivity index (χ4n) is 3.05. The second-order valence-electron chi connectivity index (χ2n) is 5.36. The first kappa shape index (κ1) is 11.2. The van der Waals surface area contributed by atoms with Gasteiger partial charge in [-0.1, -0.05) is 24.3 Å². The van der Waals surface area contributed by atoms with Gasteiger partial charge < -0.3 is 4.74 Å². The molecule has 2 nitrogen and oxygen atoms in total. The Bertz CT molecular complexity index is 378. The molecule has 3 rings (SSSR count). The zero-order valence-corrected chi connectivity index (χ0v) is 10.6. The first-order valence-electron chi connectivity index (χ1n) is 6.72. The molecule has 2 heteroatoms. The summed E-state index contributed by atoms with van der Waals surface area (Å²) < 4.78 is 5.28. The summed E-state index contributed by atoms with van der Waals surface area (Å²) in [4.78, 5) is 2.61. The molecule has 1 aromatic rings. The van der Waals surface area contributed by atoms with Crippen molar-refractivity contribution in [3.8, 4) is 0 Å². The average Bonchev–Trinajstić information content (AvgIpc) is 2.29. The third-order valence-electron chi connectivity index (χ3n) is 4.29. The number of rotatable bonds is 2. The van der Waals surface area contributed by atoms with Crippen molar-refractivity contribution in [3.05, 3.63) is 35.4 Å². The van der Waals surface area contributed by atoms with Crippen LogP contribution >= 0.6 is 0 Å². The minimum absolute atomic E-state index is 0.716. The Morgan fingerprint density at radius 1 is 1.12 bits per heavy atom. The smallest absolute Gasteiger partial charge is 0.0645 e. The van der Waals surface area contributed by atoms with Gasteiger partial charge in [0.15, 0.2) is 0 Å². The van der Waals surface area contributed by atoms with Gasteiger partial charge in [-0.2, -0.15) is 0 Å². The molecule has 0 N–H and O–H groups in total. The topological polar surface area (TPSA) is 12.5 Å². The van der Waals surface area contributed by atoms with Gasteiger partial charge in [-0.05, 0) is 49.9 Å². The number of ether oxygens (including phenoxy) is 1. The molecule has 0 bridgehead atoms. The van der Waals surface area contributed by atoms with Gasteiger partial charge in [-0.25, -0.2) is 0 Å². The maximum absolute atomic E-state index is 5.28. The first-order chi connectivity index (χ1) is 8.34. The van der Waals surface area contributed by atoms with Gasteiger partial charge >= 0.3 is 0 Å². The van der Waals surface area contributed by atoms with Gasteiger partial charge in [0, 0.05) is 0 Å². The summed E-state index contributed by atoms with van der Waals surface area (Å²) in [6, 6.07) is 9.57. The number of aryl methyl sites for hydroxylation is 1. The lowest BCUT2D eigenvalue weighted by molar-refractivity contribution is -0.0712. The third-order valence-corrected chi connectivity index (χ3v) is 4.29. The van der Waals surface area contributed by atoms with Crippen molar-refractivity contribution in [1.82, 2.24) is 4.90 Å². The number of nitrogens with zero attached hydrogens (tertiary/aromatic N) is 1. The highest BCUT2D eigenvalue weighted by Gasteiger charge is 2.30. The normalized spacial score (nSPS) is 23.6. The number of hydrogen-bond donors (Lipinski definition) is 0. The lowest BCUT2D eigenvalue weighted by Gasteiger charge is -2.41. The lowest BCUT2D eigenvalue weighted by Crippen LogP contribution is -2.51. The van der Waals surface area contributed by atoms with Crippen molar-refractivity contribution >= 4 is 0 Å². The molecule has 17 heavy (non-hydrogen) atoms. The molecular formula is C15H21NO. The van der Waals surface area contributed by atoms with E-state index in [4.69, 9.17) is 4.74 Å². The van der Waals surface area contributed by atoms with Crippen molar-refractivity contribution in [1.29, 1.82) is 0 Å². The van der Waals surface area contributed by atoms with Crippen molar-refractivity contribution in [2.24, 2.45) is 0 Å². The molecular weight excluding hydrogens is 210 g/mol. The van der Waals surface area contributed by atoms with E-state index >= 15 is 0 Å².